The number of piperidine rings is 1. The molecule has 0 radical (unpaired) electrons. The van der Waals surface area contributed by atoms with E-state index in [2.05, 4.69) is 44.2 Å². The Morgan fingerprint density at radius 3 is 2.30 bits per heavy atom. The second kappa shape index (κ2) is 11.5. The topological polar surface area (TPSA) is 63.2 Å². The number of likely N-dealkylation sites (N-methyl/N-ethyl adjacent to an activating group) is 1. The van der Waals surface area contributed by atoms with Crippen molar-refractivity contribution in [3.05, 3.63) is 0 Å². The molecule has 0 aromatic heterocycles. The highest BCUT2D eigenvalue weighted by atomic mass is 16.1. The zero-order valence-corrected chi connectivity index (χ0v) is 17.8. The summed E-state index contributed by atoms with van der Waals surface area (Å²) in [6.45, 7) is 14.6. The second-order valence-electron chi connectivity index (χ2n) is 8.08. The van der Waals surface area contributed by atoms with Gasteiger partial charge in [0.25, 0.3) is 0 Å². The van der Waals surface area contributed by atoms with E-state index < -0.39 is 0 Å². The van der Waals surface area contributed by atoms with E-state index in [0.29, 0.717) is 18.3 Å². The molecule has 27 heavy (non-hydrogen) atoms. The molecular weight excluding hydrogens is 340 g/mol. The van der Waals surface area contributed by atoms with Crippen LogP contribution in [0.3, 0.4) is 0 Å². The minimum atomic E-state index is 0.157. The fourth-order valence-electron chi connectivity index (χ4n) is 4.10. The van der Waals surface area contributed by atoms with Gasteiger partial charge in [0.2, 0.25) is 5.91 Å². The molecule has 0 aliphatic carbocycles. The van der Waals surface area contributed by atoms with Crippen molar-refractivity contribution in [2.45, 2.75) is 33.1 Å². The molecule has 2 heterocycles. The van der Waals surface area contributed by atoms with E-state index in [1.807, 2.05) is 7.05 Å². The Hall–Kier alpha value is -1.34. The van der Waals surface area contributed by atoms with Gasteiger partial charge in [-0.25, -0.2) is 0 Å². The first-order valence-electron chi connectivity index (χ1n) is 10.7. The van der Waals surface area contributed by atoms with Crippen molar-refractivity contribution in [3.63, 3.8) is 0 Å². The smallest absolute Gasteiger partial charge is 0.220 e. The number of nitrogens with zero attached hydrogens (tertiary/aromatic N) is 4. The summed E-state index contributed by atoms with van der Waals surface area (Å²) in [4.78, 5) is 23.5. The fraction of sp³-hybridized carbons (Fsp3) is 0.900. The van der Waals surface area contributed by atoms with E-state index >= 15 is 0 Å². The largest absolute Gasteiger partial charge is 0.359 e. The predicted molar refractivity (Wildman–Crippen MR) is 112 cm³/mol. The van der Waals surface area contributed by atoms with Crippen molar-refractivity contribution in [3.8, 4) is 0 Å². The Morgan fingerprint density at radius 1 is 1.11 bits per heavy atom. The van der Waals surface area contributed by atoms with E-state index in [1.165, 1.54) is 32.7 Å². The van der Waals surface area contributed by atoms with Crippen LogP contribution >= 0.6 is 0 Å². The lowest BCUT2D eigenvalue weighted by atomic mass is 9.93. The first-order valence-corrected chi connectivity index (χ1v) is 10.7. The zero-order valence-electron chi connectivity index (χ0n) is 17.8. The summed E-state index contributed by atoms with van der Waals surface area (Å²) in [5.74, 6) is 2.27. The van der Waals surface area contributed by atoms with Crippen molar-refractivity contribution in [1.29, 1.82) is 0 Å². The number of amides is 1. The van der Waals surface area contributed by atoms with Crippen LogP contribution < -0.4 is 10.6 Å². The van der Waals surface area contributed by atoms with Crippen molar-refractivity contribution < 1.29 is 4.79 Å². The number of aliphatic imine (C=N–C) groups is 1. The number of nitrogens with one attached hydrogen (secondary N) is 2. The van der Waals surface area contributed by atoms with Crippen LogP contribution in [0.1, 0.15) is 33.1 Å². The van der Waals surface area contributed by atoms with Gasteiger partial charge < -0.3 is 25.3 Å². The van der Waals surface area contributed by atoms with Gasteiger partial charge in [-0.05, 0) is 31.2 Å². The molecule has 0 aromatic rings. The van der Waals surface area contributed by atoms with Gasteiger partial charge in [-0.1, -0.05) is 13.8 Å². The van der Waals surface area contributed by atoms with E-state index in [-0.39, 0.29) is 5.91 Å². The minimum Gasteiger partial charge on any atom is -0.359 e. The molecule has 7 nitrogen and oxygen atoms in total. The van der Waals surface area contributed by atoms with Gasteiger partial charge in [0.1, 0.15) is 0 Å². The Morgan fingerprint density at radius 2 is 1.74 bits per heavy atom. The molecule has 0 saturated carbocycles. The number of hydrogen-bond donors (Lipinski definition) is 2. The number of guanidine groups is 1. The summed E-state index contributed by atoms with van der Waals surface area (Å²) in [6.07, 6.45) is 2.77. The molecule has 2 fully saturated rings. The highest BCUT2D eigenvalue weighted by Crippen LogP contribution is 2.20. The lowest BCUT2D eigenvalue weighted by Gasteiger charge is -2.36. The highest BCUT2D eigenvalue weighted by Gasteiger charge is 2.23. The van der Waals surface area contributed by atoms with Crippen LogP contribution in [0.2, 0.25) is 0 Å². The number of hydrogen-bond acceptors (Lipinski definition) is 4. The van der Waals surface area contributed by atoms with Gasteiger partial charge in [-0.2, -0.15) is 0 Å². The molecule has 2 aliphatic rings. The number of likely N-dealkylation sites (tertiary alicyclic amines) is 1. The molecule has 1 unspecified atom stereocenters. The van der Waals surface area contributed by atoms with E-state index in [1.54, 1.807) is 7.05 Å². The minimum absolute atomic E-state index is 0.157. The molecular formula is C20H40N6O. The molecule has 2 aliphatic heterocycles. The molecule has 0 aromatic carbocycles. The molecule has 0 bridgehead atoms. The molecule has 2 rings (SSSR count). The van der Waals surface area contributed by atoms with E-state index in [0.717, 1.165) is 45.0 Å². The average molecular weight is 381 g/mol. The lowest BCUT2D eigenvalue weighted by Crippen LogP contribution is -2.50. The van der Waals surface area contributed by atoms with Gasteiger partial charge in [0.05, 0.1) is 0 Å². The van der Waals surface area contributed by atoms with E-state index in [9.17, 15) is 4.79 Å². The Balaban J connectivity index is 1.67. The van der Waals surface area contributed by atoms with Crippen LogP contribution in [-0.2, 0) is 4.79 Å². The Bertz CT molecular complexity index is 467. The normalized spacial score (nSPS) is 21.9. The molecule has 7 heteroatoms. The predicted octanol–water partition coefficient (Wildman–Crippen LogP) is 0.684. The molecule has 1 amide bonds. The summed E-state index contributed by atoms with van der Waals surface area (Å²) in [7, 11) is 3.59. The van der Waals surface area contributed by atoms with Crippen LogP contribution in [0, 0.1) is 11.8 Å². The quantitative estimate of drug-likeness (QED) is 0.502. The maximum Gasteiger partial charge on any atom is 0.220 e. The third kappa shape index (κ3) is 7.30. The van der Waals surface area contributed by atoms with Crippen molar-refractivity contribution in [1.82, 2.24) is 25.3 Å². The zero-order chi connectivity index (χ0) is 19.6. The maximum atomic E-state index is 11.6. The summed E-state index contributed by atoms with van der Waals surface area (Å²) in [5.41, 5.74) is 0. The first-order chi connectivity index (χ1) is 13.0. The third-order valence-electron chi connectivity index (χ3n) is 5.97. The molecule has 2 N–H and O–H groups in total. The lowest BCUT2D eigenvalue weighted by molar-refractivity contribution is -0.121. The first kappa shape index (κ1) is 22.0. The van der Waals surface area contributed by atoms with Crippen LogP contribution in [-0.4, -0.2) is 99.6 Å². The maximum absolute atomic E-state index is 11.6. The van der Waals surface area contributed by atoms with Crippen LogP contribution in [0.15, 0.2) is 4.99 Å². The summed E-state index contributed by atoms with van der Waals surface area (Å²) in [6, 6.07) is 0. The van der Waals surface area contributed by atoms with E-state index in [4.69, 9.17) is 0 Å². The Kier molecular flexibility index (Phi) is 9.34. The second-order valence-corrected chi connectivity index (χ2v) is 8.08. The van der Waals surface area contributed by atoms with Gasteiger partial charge in [0.15, 0.2) is 5.96 Å². The van der Waals surface area contributed by atoms with Crippen LogP contribution in [0.25, 0.3) is 0 Å². The van der Waals surface area contributed by atoms with Gasteiger partial charge in [-0.3, -0.25) is 9.79 Å². The van der Waals surface area contributed by atoms with Crippen molar-refractivity contribution in [2.24, 2.45) is 16.8 Å². The monoisotopic (exact) mass is 380 g/mol. The standard InChI is InChI=1S/C20H40N6O/c1-5-24-10-12-25(13-11-24)16-17(2)15-23-20(22-4)26-8-6-18(7-9-26)14-19(27)21-3/h17-18H,5-16H2,1-4H3,(H,21,27)(H,22,23). The van der Waals surface area contributed by atoms with Gasteiger partial charge >= 0.3 is 0 Å². The summed E-state index contributed by atoms with van der Waals surface area (Å²) >= 11 is 0. The van der Waals surface area contributed by atoms with Crippen LogP contribution in [0.5, 0.6) is 0 Å². The highest BCUT2D eigenvalue weighted by molar-refractivity contribution is 5.80. The molecule has 156 valence electrons. The van der Waals surface area contributed by atoms with Crippen molar-refractivity contribution >= 4 is 11.9 Å². The average Bonchev–Trinajstić information content (AvgIpc) is 2.70. The Labute approximate surface area is 165 Å². The summed E-state index contributed by atoms with van der Waals surface area (Å²) in [5, 5.41) is 6.31. The number of rotatable bonds is 7. The molecule has 2 saturated heterocycles. The number of carbonyl (C=O) groups is 1. The van der Waals surface area contributed by atoms with Gasteiger partial charge in [0, 0.05) is 72.9 Å². The molecule has 0 spiro atoms. The van der Waals surface area contributed by atoms with Gasteiger partial charge in [-0.15, -0.1) is 0 Å². The molecule has 1 atom stereocenters. The fourth-order valence-corrected chi connectivity index (χ4v) is 4.10. The van der Waals surface area contributed by atoms with Crippen molar-refractivity contribution in [2.75, 3.05) is 73.0 Å². The SMILES string of the molecule is CCN1CCN(CC(C)CNC(=NC)N2CCC(CC(=O)NC)CC2)CC1. The van der Waals surface area contributed by atoms with Crippen LogP contribution in [0.4, 0.5) is 0 Å². The summed E-state index contributed by atoms with van der Waals surface area (Å²) < 4.78 is 0. The number of carbonyl (C=O) groups excluding carboxylic acids is 1. The third-order valence-corrected chi connectivity index (χ3v) is 5.97. The number of piperazine rings is 1.